The van der Waals surface area contributed by atoms with E-state index in [1.54, 1.807) is 0 Å². The molecule has 4 nitrogen and oxygen atoms in total. The number of aryl methyl sites for hydroxylation is 1. The molecular formula is C31H36N2O2. The number of hydrogen-bond acceptors (Lipinski definition) is 2. The van der Waals surface area contributed by atoms with Crippen molar-refractivity contribution >= 4 is 11.8 Å². The molecule has 0 spiro atoms. The van der Waals surface area contributed by atoms with E-state index >= 15 is 0 Å². The van der Waals surface area contributed by atoms with Crippen LogP contribution >= 0.6 is 0 Å². The molecule has 0 aromatic heterocycles. The molecule has 182 valence electrons. The summed E-state index contributed by atoms with van der Waals surface area (Å²) in [5, 5.41) is 3.23. The lowest BCUT2D eigenvalue weighted by atomic mass is 9.72. The molecule has 1 fully saturated rings. The third-order valence-corrected chi connectivity index (χ3v) is 7.27. The van der Waals surface area contributed by atoms with Gasteiger partial charge in [0.2, 0.25) is 11.8 Å². The fraction of sp³-hybridized carbons (Fsp3) is 0.355. The Morgan fingerprint density at radius 3 is 1.94 bits per heavy atom. The van der Waals surface area contributed by atoms with Crippen LogP contribution in [0.5, 0.6) is 0 Å². The van der Waals surface area contributed by atoms with Crippen LogP contribution in [0.3, 0.4) is 0 Å². The number of likely N-dealkylation sites (tertiary alicyclic amines) is 1. The number of hydrogen-bond donors (Lipinski definition) is 1. The molecule has 0 bridgehead atoms. The average Bonchev–Trinajstić information content (AvgIpc) is 2.90. The van der Waals surface area contributed by atoms with Gasteiger partial charge >= 0.3 is 0 Å². The molecule has 0 atom stereocenters. The van der Waals surface area contributed by atoms with Crippen LogP contribution in [0.15, 0.2) is 84.9 Å². The molecule has 0 aliphatic carbocycles. The Balaban J connectivity index is 1.39. The predicted molar refractivity (Wildman–Crippen MR) is 141 cm³/mol. The van der Waals surface area contributed by atoms with Crippen molar-refractivity contribution in [2.24, 2.45) is 5.41 Å². The standard InChI is InChI=1S/C31H36N2O2/c1-2-25-13-15-26(16-14-25)17-20-32-30(35)31(24-28-11-7-4-8-12-28)18-21-33(22-19-31)29(34)23-27-9-5-3-6-10-27/h3-16H,2,17-24H2,1H3,(H,32,35). The molecule has 1 aliphatic rings. The van der Waals surface area contributed by atoms with Gasteiger partial charge in [-0.15, -0.1) is 0 Å². The lowest BCUT2D eigenvalue weighted by Crippen LogP contribution is -2.51. The van der Waals surface area contributed by atoms with Crippen molar-refractivity contribution in [1.82, 2.24) is 10.2 Å². The zero-order chi connectivity index (χ0) is 24.5. The van der Waals surface area contributed by atoms with Gasteiger partial charge in [0.15, 0.2) is 0 Å². The minimum atomic E-state index is -0.489. The number of carbonyl (C=O) groups is 2. The summed E-state index contributed by atoms with van der Waals surface area (Å²) in [6, 6.07) is 28.8. The number of amides is 2. The normalized spacial score (nSPS) is 14.9. The maximum atomic E-state index is 13.6. The van der Waals surface area contributed by atoms with E-state index in [0.29, 0.717) is 45.3 Å². The topological polar surface area (TPSA) is 49.4 Å². The number of piperidine rings is 1. The molecule has 1 saturated heterocycles. The molecule has 3 aromatic carbocycles. The predicted octanol–water partition coefficient (Wildman–Crippen LogP) is 5.00. The fourth-order valence-corrected chi connectivity index (χ4v) is 4.99. The average molecular weight is 469 g/mol. The van der Waals surface area contributed by atoms with Crippen LogP contribution in [-0.2, 0) is 35.3 Å². The number of rotatable bonds is 9. The van der Waals surface area contributed by atoms with E-state index in [1.807, 2.05) is 53.4 Å². The van der Waals surface area contributed by atoms with E-state index in [2.05, 4.69) is 48.6 Å². The van der Waals surface area contributed by atoms with E-state index in [4.69, 9.17) is 0 Å². The Hall–Kier alpha value is -3.40. The Labute approximate surface area is 209 Å². The summed E-state index contributed by atoms with van der Waals surface area (Å²) in [7, 11) is 0. The molecule has 35 heavy (non-hydrogen) atoms. The molecular weight excluding hydrogens is 432 g/mol. The first-order valence-corrected chi connectivity index (χ1v) is 12.8. The summed E-state index contributed by atoms with van der Waals surface area (Å²) in [6.07, 6.45) is 4.32. The molecule has 1 N–H and O–H groups in total. The Morgan fingerprint density at radius 2 is 1.34 bits per heavy atom. The van der Waals surface area contributed by atoms with Gasteiger partial charge in [-0.2, -0.15) is 0 Å². The van der Waals surface area contributed by atoms with Crippen LogP contribution in [0.2, 0.25) is 0 Å². The number of benzene rings is 3. The second-order valence-electron chi connectivity index (χ2n) is 9.66. The van der Waals surface area contributed by atoms with Gasteiger partial charge in [-0.05, 0) is 54.4 Å². The number of nitrogens with one attached hydrogen (secondary N) is 1. The van der Waals surface area contributed by atoms with Crippen molar-refractivity contribution in [2.45, 2.75) is 45.4 Å². The number of nitrogens with zero attached hydrogens (tertiary/aromatic N) is 1. The first-order chi connectivity index (χ1) is 17.1. The van der Waals surface area contributed by atoms with Gasteiger partial charge < -0.3 is 10.2 Å². The van der Waals surface area contributed by atoms with E-state index in [9.17, 15) is 9.59 Å². The van der Waals surface area contributed by atoms with Crippen molar-refractivity contribution in [3.8, 4) is 0 Å². The zero-order valence-electron chi connectivity index (χ0n) is 20.7. The quantitative estimate of drug-likeness (QED) is 0.480. The van der Waals surface area contributed by atoms with Crippen molar-refractivity contribution in [2.75, 3.05) is 19.6 Å². The zero-order valence-corrected chi connectivity index (χ0v) is 20.7. The number of carbonyl (C=O) groups excluding carboxylic acids is 2. The van der Waals surface area contributed by atoms with Crippen molar-refractivity contribution in [3.63, 3.8) is 0 Å². The molecule has 4 rings (SSSR count). The van der Waals surface area contributed by atoms with Gasteiger partial charge in [-0.1, -0.05) is 91.9 Å². The maximum Gasteiger partial charge on any atom is 0.226 e. The maximum absolute atomic E-state index is 13.6. The summed E-state index contributed by atoms with van der Waals surface area (Å²) in [5.74, 6) is 0.252. The lowest BCUT2D eigenvalue weighted by Gasteiger charge is -2.41. The van der Waals surface area contributed by atoms with Gasteiger partial charge in [0, 0.05) is 19.6 Å². The lowest BCUT2D eigenvalue weighted by molar-refractivity contribution is -0.140. The molecule has 1 heterocycles. The second-order valence-corrected chi connectivity index (χ2v) is 9.66. The van der Waals surface area contributed by atoms with E-state index in [0.717, 1.165) is 18.4 Å². The van der Waals surface area contributed by atoms with Gasteiger partial charge in [0.05, 0.1) is 11.8 Å². The Morgan fingerprint density at radius 1 is 0.771 bits per heavy atom. The highest BCUT2D eigenvalue weighted by molar-refractivity contribution is 5.84. The van der Waals surface area contributed by atoms with Crippen LogP contribution in [0.1, 0.15) is 42.0 Å². The van der Waals surface area contributed by atoms with Gasteiger partial charge in [-0.25, -0.2) is 0 Å². The van der Waals surface area contributed by atoms with E-state index in [-0.39, 0.29) is 11.8 Å². The highest BCUT2D eigenvalue weighted by Crippen LogP contribution is 2.36. The van der Waals surface area contributed by atoms with Crippen LogP contribution in [0, 0.1) is 5.41 Å². The van der Waals surface area contributed by atoms with Crippen molar-refractivity contribution in [1.29, 1.82) is 0 Å². The van der Waals surface area contributed by atoms with Crippen molar-refractivity contribution < 1.29 is 9.59 Å². The van der Waals surface area contributed by atoms with E-state index < -0.39 is 5.41 Å². The summed E-state index contributed by atoms with van der Waals surface area (Å²) in [6.45, 7) is 4.01. The van der Waals surface area contributed by atoms with Gasteiger partial charge in [0.1, 0.15) is 0 Å². The minimum absolute atomic E-state index is 0.113. The van der Waals surface area contributed by atoms with E-state index in [1.165, 1.54) is 16.7 Å². The Bertz CT molecular complexity index is 1090. The van der Waals surface area contributed by atoms with Crippen LogP contribution in [-0.4, -0.2) is 36.3 Å². The van der Waals surface area contributed by atoms with Crippen LogP contribution in [0.25, 0.3) is 0 Å². The Kier molecular flexibility index (Phi) is 8.36. The molecule has 1 aliphatic heterocycles. The molecule has 0 unspecified atom stereocenters. The molecule has 4 heteroatoms. The van der Waals surface area contributed by atoms with Gasteiger partial charge in [0.25, 0.3) is 0 Å². The molecule has 0 saturated carbocycles. The SMILES string of the molecule is CCc1ccc(CCNC(=O)C2(Cc3ccccc3)CCN(C(=O)Cc3ccccc3)CC2)cc1. The molecule has 3 aromatic rings. The van der Waals surface area contributed by atoms with Crippen LogP contribution < -0.4 is 5.32 Å². The summed E-state index contributed by atoms with van der Waals surface area (Å²) < 4.78 is 0. The van der Waals surface area contributed by atoms with Crippen molar-refractivity contribution in [3.05, 3.63) is 107 Å². The fourth-order valence-electron chi connectivity index (χ4n) is 4.99. The third-order valence-electron chi connectivity index (χ3n) is 7.27. The molecule has 0 radical (unpaired) electrons. The van der Waals surface area contributed by atoms with Gasteiger partial charge in [-0.3, -0.25) is 9.59 Å². The minimum Gasteiger partial charge on any atom is -0.355 e. The third kappa shape index (κ3) is 6.60. The summed E-state index contributed by atoms with van der Waals surface area (Å²) >= 11 is 0. The first kappa shape index (κ1) is 24.7. The largest absolute Gasteiger partial charge is 0.355 e. The smallest absolute Gasteiger partial charge is 0.226 e. The summed E-state index contributed by atoms with van der Waals surface area (Å²) in [4.78, 5) is 28.4. The second kappa shape index (κ2) is 11.8. The highest BCUT2D eigenvalue weighted by atomic mass is 16.2. The van der Waals surface area contributed by atoms with Crippen LogP contribution in [0.4, 0.5) is 0 Å². The monoisotopic (exact) mass is 468 g/mol. The first-order valence-electron chi connectivity index (χ1n) is 12.8. The molecule has 2 amide bonds. The highest BCUT2D eigenvalue weighted by Gasteiger charge is 2.42. The summed E-state index contributed by atoms with van der Waals surface area (Å²) in [5.41, 5.74) is 4.27.